The van der Waals surface area contributed by atoms with E-state index < -0.39 is 0 Å². The maximum absolute atomic E-state index is 10.2. The molecule has 5 nitrogen and oxygen atoms in total. The third-order valence-electron chi connectivity index (χ3n) is 6.99. The molecule has 0 radical (unpaired) electrons. The molecule has 3 aromatic rings. The topological polar surface area (TPSA) is 64.0 Å². The molecule has 0 atom stereocenters. The van der Waals surface area contributed by atoms with Crippen molar-refractivity contribution in [2.45, 2.75) is 57.2 Å². The highest BCUT2D eigenvalue weighted by Gasteiger charge is 2.27. The van der Waals surface area contributed by atoms with Gasteiger partial charge in [0.1, 0.15) is 17.5 Å². The van der Waals surface area contributed by atoms with E-state index in [1.54, 1.807) is 0 Å². The van der Waals surface area contributed by atoms with Crippen molar-refractivity contribution in [2.75, 3.05) is 23.3 Å². The lowest BCUT2D eigenvalue weighted by Gasteiger charge is -2.36. The Bertz CT molecular complexity index is 1140. The second-order valence-corrected chi connectivity index (χ2v) is 9.64. The van der Waals surface area contributed by atoms with Gasteiger partial charge in [-0.05, 0) is 49.4 Å². The summed E-state index contributed by atoms with van der Waals surface area (Å²) in [5, 5.41) is 19.2. The summed E-state index contributed by atoms with van der Waals surface area (Å²) < 4.78 is 0. The highest BCUT2D eigenvalue weighted by atomic mass is 35.5. The van der Waals surface area contributed by atoms with Crippen LogP contribution < -0.4 is 15.5 Å². The Morgan fingerprint density at radius 3 is 2.39 bits per heavy atom. The third-order valence-corrected chi connectivity index (χ3v) is 7.24. The normalized spacial score (nSPS) is 17.4. The molecule has 6 heteroatoms. The summed E-state index contributed by atoms with van der Waals surface area (Å²) in [4.78, 5) is 7.21. The molecule has 170 valence electrons. The predicted molar refractivity (Wildman–Crippen MR) is 136 cm³/mol. The summed E-state index contributed by atoms with van der Waals surface area (Å²) in [5.74, 6) is 0.646. The number of nitriles is 1. The molecule has 2 N–H and O–H groups in total. The summed E-state index contributed by atoms with van der Waals surface area (Å²) in [6.45, 7) is 2.48. The quantitative estimate of drug-likeness (QED) is 0.482. The number of pyridine rings is 1. The molecule has 0 amide bonds. The van der Waals surface area contributed by atoms with Crippen LogP contribution in [0.2, 0.25) is 5.02 Å². The van der Waals surface area contributed by atoms with Gasteiger partial charge in [0.25, 0.3) is 0 Å². The monoisotopic (exact) mass is 459 g/mol. The van der Waals surface area contributed by atoms with E-state index in [4.69, 9.17) is 16.6 Å². The molecular weight excluding hydrogens is 430 g/mol. The van der Waals surface area contributed by atoms with E-state index in [0.717, 1.165) is 48.1 Å². The van der Waals surface area contributed by atoms with Crippen LogP contribution in [0.25, 0.3) is 10.9 Å². The molecule has 1 saturated heterocycles. The number of fused-ring (bicyclic) bond motifs is 1. The third kappa shape index (κ3) is 4.93. The minimum atomic E-state index is 0.575. The Morgan fingerprint density at radius 1 is 0.970 bits per heavy atom. The van der Waals surface area contributed by atoms with E-state index >= 15 is 0 Å². The fourth-order valence-electron chi connectivity index (χ4n) is 5.24. The number of nitrogens with one attached hydrogen (secondary N) is 2. The Balaban J connectivity index is 1.40. The fourth-order valence-corrected chi connectivity index (χ4v) is 5.37. The Labute approximate surface area is 200 Å². The second-order valence-electron chi connectivity index (χ2n) is 9.20. The van der Waals surface area contributed by atoms with Gasteiger partial charge in [0.15, 0.2) is 0 Å². The van der Waals surface area contributed by atoms with E-state index in [0.29, 0.717) is 35.0 Å². The van der Waals surface area contributed by atoms with Gasteiger partial charge < -0.3 is 15.5 Å². The maximum atomic E-state index is 10.2. The number of hydrogen-bond donors (Lipinski definition) is 2. The first kappa shape index (κ1) is 22.0. The second kappa shape index (κ2) is 9.99. The van der Waals surface area contributed by atoms with Crippen molar-refractivity contribution in [1.82, 2.24) is 10.3 Å². The molecule has 2 aliphatic rings. The average molecular weight is 460 g/mol. The van der Waals surface area contributed by atoms with E-state index in [1.165, 1.54) is 25.7 Å². The van der Waals surface area contributed by atoms with Gasteiger partial charge in [0.2, 0.25) is 0 Å². The molecule has 2 fully saturated rings. The molecule has 33 heavy (non-hydrogen) atoms. The Morgan fingerprint density at radius 2 is 1.67 bits per heavy atom. The van der Waals surface area contributed by atoms with Crippen molar-refractivity contribution in [1.29, 1.82) is 5.26 Å². The molecule has 0 unspecified atom stereocenters. The van der Waals surface area contributed by atoms with Crippen molar-refractivity contribution >= 4 is 34.0 Å². The molecule has 1 aromatic heterocycles. The van der Waals surface area contributed by atoms with Gasteiger partial charge in [-0.25, -0.2) is 4.98 Å². The first-order chi connectivity index (χ1) is 16.2. The van der Waals surface area contributed by atoms with Crippen LogP contribution in [-0.4, -0.2) is 30.2 Å². The number of para-hydroxylation sites is 1. The van der Waals surface area contributed by atoms with E-state index in [-0.39, 0.29) is 0 Å². The lowest BCUT2D eigenvalue weighted by atomic mass is 10.00. The highest BCUT2D eigenvalue weighted by Crippen LogP contribution is 2.36. The van der Waals surface area contributed by atoms with Gasteiger partial charge in [-0.15, -0.1) is 0 Å². The van der Waals surface area contributed by atoms with Gasteiger partial charge in [-0.2, -0.15) is 5.26 Å². The minimum Gasteiger partial charge on any atom is -0.370 e. The lowest BCUT2D eigenvalue weighted by Crippen LogP contribution is -2.45. The average Bonchev–Trinajstić information content (AvgIpc) is 3.36. The molecular formula is C27H30ClN5. The molecule has 0 bridgehead atoms. The number of aromatic nitrogens is 1. The molecule has 5 rings (SSSR count). The van der Waals surface area contributed by atoms with Gasteiger partial charge >= 0.3 is 0 Å². The van der Waals surface area contributed by atoms with Crippen LogP contribution in [0, 0.1) is 11.3 Å². The summed E-state index contributed by atoms with van der Waals surface area (Å²) in [6.07, 6.45) is 7.55. The summed E-state index contributed by atoms with van der Waals surface area (Å²) >= 11 is 6.02. The molecule has 2 aromatic carbocycles. The van der Waals surface area contributed by atoms with Crippen molar-refractivity contribution in [3.63, 3.8) is 0 Å². The van der Waals surface area contributed by atoms with Crippen molar-refractivity contribution < 1.29 is 0 Å². The van der Waals surface area contributed by atoms with Crippen LogP contribution in [0.1, 0.15) is 49.7 Å². The zero-order chi connectivity index (χ0) is 22.6. The van der Waals surface area contributed by atoms with Gasteiger partial charge in [-0.1, -0.05) is 54.8 Å². The standard InChI is InChI=1S/C27H30ClN5/c28-20-11-9-19(10-12-20)18-30-27-24(17-29)26(23-7-3-4-8-25(23)32-27)33-15-13-22(14-16-33)31-21-5-1-2-6-21/h3-4,7-12,21-22,31H,1-2,5-6,13-16,18H2,(H,30,32). The maximum Gasteiger partial charge on any atom is 0.147 e. The number of piperidine rings is 1. The van der Waals surface area contributed by atoms with Crippen LogP contribution in [0.15, 0.2) is 48.5 Å². The summed E-state index contributed by atoms with van der Waals surface area (Å²) in [6, 6.07) is 19.6. The molecule has 2 heterocycles. The number of rotatable bonds is 6. The van der Waals surface area contributed by atoms with E-state index in [2.05, 4.69) is 27.7 Å². The first-order valence-corrected chi connectivity index (χ1v) is 12.4. The SMILES string of the molecule is N#Cc1c(NCc2ccc(Cl)cc2)nc2ccccc2c1N1CCC(NC2CCCC2)CC1. The number of nitrogens with zero attached hydrogens (tertiary/aromatic N) is 3. The smallest absolute Gasteiger partial charge is 0.147 e. The van der Waals surface area contributed by atoms with Gasteiger partial charge in [0.05, 0.1) is 11.2 Å². The number of anilines is 2. The predicted octanol–water partition coefficient (Wildman–Crippen LogP) is 5.87. The molecule has 1 aliphatic carbocycles. The van der Waals surface area contributed by atoms with Crippen LogP contribution >= 0.6 is 11.6 Å². The highest BCUT2D eigenvalue weighted by molar-refractivity contribution is 6.30. The van der Waals surface area contributed by atoms with Crippen LogP contribution in [0.3, 0.4) is 0 Å². The molecule has 1 aliphatic heterocycles. The van der Waals surface area contributed by atoms with Gasteiger partial charge in [0, 0.05) is 42.1 Å². The zero-order valence-electron chi connectivity index (χ0n) is 18.9. The summed E-state index contributed by atoms with van der Waals surface area (Å²) in [7, 11) is 0. The zero-order valence-corrected chi connectivity index (χ0v) is 19.6. The number of hydrogen-bond acceptors (Lipinski definition) is 5. The van der Waals surface area contributed by atoms with Crippen molar-refractivity contribution in [3.8, 4) is 6.07 Å². The van der Waals surface area contributed by atoms with Crippen LogP contribution in [-0.2, 0) is 6.54 Å². The van der Waals surface area contributed by atoms with Crippen molar-refractivity contribution in [2.24, 2.45) is 0 Å². The van der Waals surface area contributed by atoms with E-state index in [1.807, 2.05) is 42.5 Å². The fraction of sp³-hybridized carbons (Fsp3) is 0.407. The number of benzene rings is 2. The lowest BCUT2D eigenvalue weighted by molar-refractivity contribution is 0.368. The Hall–Kier alpha value is -2.81. The summed E-state index contributed by atoms with van der Waals surface area (Å²) in [5.41, 5.74) is 3.65. The first-order valence-electron chi connectivity index (χ1n) is 12.0. The minimum absolute atomic E-state index is 0.575. The van der Waals surface area contributed by atoms with E-state index in [9.17, 15) is 5.26 Å². The van der Waals surface area contributed by atoms with Crippen LogP contribution in [0.5, 0.6) is 0 Å². The Kier molecular flexibility index (Phi) is 6.66. The van der Waals surface area contributed by atoms with Crippen LogP contribution in [0.4, 0.5) is 11.5 Å². The van der Waals surface area contributed by atoms with Gasteiger partial charge in [-0.3, -0.25) is 0 Å². The largest absolute Gasteiger partial charge is 0.370 e. The molecule has 0 spiro atoms. The molecule has 1 saturated carbocycles. The van der Waals surface area contributed by atoms with Crippen molar-refractivity contribution in [3.05, 3.63) is 64.7 Å². The number of halogens is 1.